The third-order valence-electron chi connectivity index (χ3n) is 6.27. The van der Waals surface area contributed by atoms with Crippen molar-refractivity contribution in [3.05, 3.63) is 108 Å². The van der Waals surface area contributed by atoms with E-state index in [9.17, 15) is 18.9 Å². The number of rotatable bonds is 16. The number of ether oxygens (including phenoxy) is 1. The Morgan fingerprint density at radius 1 is 0.714 bits per heavy atom. The summed E-state index contributed by atoms with van der Waals surface area (Å²) in [5, 5.41) is 5.41. The molecule has 0 aliphatic heterocycles. The average Bonchev–Trinajstić information content (AvgIpc) is 2.98. The SMILES string of the molecule is CC(C)C[C@H](NC(=O)OCc1ccccc1)C(=O)N[C@@H](Cc1ccccc1)C(=O)COP(C)(=O)OCc1ccccc1. The third kappa shape index (κ3) is 12.0. The summed E-state index contributed by atoms with van der Waals surface area (Å²) in [7, 11) is -3.57. The first-order chi connectivity index (χ1) is 20.1. The van der Waals surface area contributed by atoms with Crippen molar-refractivity contribution in [1.29, 1.82) is 0 Å². The summed E-state index contributed by atoms with van der Waals surface area (Å²) in [6, 6.07) is 25.7. The minimum Gasteiger partial charge on any atom is -0.445 e. The zero-order valence-corrected chi connectivity index (χ0v) is 25.1. The van der Waals surface area contributed by atoms with Crippen molar-refractivity contribution in [2.24, 2.45) is 5.92 Å². The van der Waals surface area contributed by atoms with Gasteiger partial charge in [0.15, 0.2) is 5.78 Å². The molecule has 0 saturated carbocycles. The lowest BCUT2D eigenvalue weighted by molar-refractivity contribution is -0.130. The highest BCUT2D eigenvalue weighted by Gasteiger charge is 2.29. The van der Waals surface area contributed by atoms with Crippen LogP contribution in [0.25, 0.3) is 0 Å². The Morgan fingerprint density at radius 3 is 1.79 bits per heavy atom. The van der Waals surface area contributed by atoms with E-state index in [2.05, 4.69) is 10.6 Å². The number of Topliss-reactive ketones (excluding diaryl/α,β-unsaturated/α-hetero) is 1. The number of carbonyl (C=O) groups excluding carboxylic acids is 3. The molecule has 0 bridgehead atoms. The highest BCUT2D eigenvalue weighted by atomic mass is 31.2. The normalized spacial score (nSPS) is 13.9. The number of ketones is 1. The predicted octanol–water partition coefficient (Wildman–Crippen LogP) is 5.68. The Balaban J connectivity index is 1.65. The van der Waals surface area contributed by atoms with Gasteiger partial charge >= 0.3 is 13.7 Å². The molecule has 3 atom stereocenters. The Hall–Kier alpha value is -3.78. The molecule has 9 nitrogen and oxygen atoms in total. The second-order valence-corrected chi connectivity index (χ2v) is 12.5. The molecule has 0 aliphatic rings. The molecule has 3 aromatic carbocycles. The van der Waals surface area contributed by atoms with Crippen LogP contribution in [0.4, 0.5) is 4.79 Å². The Bertz CT molecular complexity index is 1320. The zero-order chi connectivity index (χ0) is 30.4. The molecule has 10 heteroatoms. The second kappa shape index (κ2) is 16.6. The van der Waals surface area contributed by atoms with Crippen LogP contribution in [0, 0.1) is 5.92 Å². The molecule has 0 aromatic heterocycles. The van der Waals surface area contributed by atoms with Crippen LogP contribution in [0.5, 0.6) is 0 Å². The van der Waals surface area contributed by atoms with Gasteiger partial charge in [-0.25, -0.2) is 4.79 Å². The van der Waals surface area contributed by atoms with Crippen LogP contribution >= 0.6 is 7.60 Å². The monoisotopic (exact) mass is 594 g/mol. The molecular weight excluding hydrogens is 555 g/mol. The number of amides is 2. The fourth-order valence-corrected chi connectivity index (χ4v) is 4.88. The van der Waals surface area contributed by atoms with Gasteiger partial charge < -0.3 is 24.4 Å². The van der Waals surface area contributed by atoms with Crippen LogP contribution in [0.15, 0.2) is 91.0 Å². The molecule has 1 unspecified atom stereocenters. The van der Waals surface area contributed by atoms with Gasteiger partial charge in [0.25, 0.3) is 0 Å². The topological polar surface area (TPSA) is 120 Å². The molecule has 224 valence electrons. The van der Waals surface area contributed by atoms with E-state index in [0.29, 0.717) is 6.42 Å². The van der Waals surface area contributed by atoms with Crippen LogP contribution in [0.2, 0.25) is 0 Å². The first-order valence-electron chi connectivity index (χ1n) is 13.9. The zero-order valence-electron chi connectivity index (χ0n) is 24.2. The van der Waals surface area contributed by atoms with Gasteiger partial charge in [0.2, 0.25) is 5.91 Å². The average molecular weight is 595 g/mol. The molecule has 0 fully saturated rings. The maximum atomic E-state index is 13.4. The molecule has 3 rings (SSSR count). The molecule has 42 heavy (non-hydrogen) atoms. The van der Waals surface area contributed by atoms with E-state index < -0.39 is 44.1 Å². The second-order valence-electron chi connectivity index (χ2n) is 10.4. The maximum Gasteiger partial charge on any atom is 0.408 e. The van der Waals surface area contributed by atoms with Crippen molar-refractivity contribution >= 4 is 25.4 Å². The third-order valence-corrected chi connectivity index (χ3v) is 7.46. The van der Waals surface area contributed by atoms with Crippen LogP contribution in [0.3, 0.4) is 0 Å². The number of alkyl carbamates (subject to hydrolysis) is 1. The van der Waals surface area contributed by atoms with Crippen LogP contribution < -0.4 is 10.6 Å². The Kier molecular flexibility index (Phi) is 12.9. The molecule has 0 spiro atoms. The summed E-state index contributed by atoms with van der Waals surface area (Å²) in [5.74, 6) is -0.947. The maximum absolute atomic E-state index is 13.4. The van der Waals surface area contributed by atoms with E-state index in [1.54, 1.807) is 0 Å². The van der Waals surface area contributed by atoms with Gasteiger partial charge in [-0.3, -0.25) is 14.2 Å². The van der Waals surface area contributed by atoms with Gasteiger partial charge in [0, 0.05) is 6.66 Å². The van der Waals surface area contributed by atoms with Crippen LogP contribution in [-0.2, 0) is 47.6 Å². The molecule has 0 radical (unpaired) electrons. The fourth-order valence-electron chi connectivity index (χ4n) is 4.06. The van der Waals surface area contributed by atoms with E-state index in [4.69, 9.17) is 13.8 Å². The van der Waals surface area contributed by atoms with Gasteiger partial charge in [-0.15, -0.1) is 0 Å². The predicted molar refractivity (Wildman–Crippen MR) is 161 cm³/mol. The van der Waals surface area contributed by atoms with Gasteiger partial charge in [-0.2, -0.15) is 0 Å². The molecule has 2 N–H and O–H groups in total. The molecular formula is C32H39N2O7P. The molecule has 0 saturated heterocycles. The van der Waals surface area contributed by atoms with E-state index in [-0.39, 0.29) is 25.6 Å². The largest absolute Gasteiger partial charge is 0.445 e. The van der Waals surface area contributed by atoms with Crippen molar-refractivity contribution in [2.75, 3.05) is 13.3 Å². The minimum absolute atomic E-state index is 0.0541. The molecule has 2 amide bonds. The molecule has 0 heterocycles. The molecule has 3 aromatic rings. The number of benzene rings is 3. The number of nitrogens with one attached hydrogen (secondary N) is 2. The summed E-state index contributed by atoms with van der Waals surface area (Å²) in [6.45, 7) is 4.74. The Labute approximate surface area is 247 Å². The quantitative estimate of drug-likeness (QED) is 0.205. The first kappa shape index (κ1) is 32.7. The van der Waals surface area contributed by atoms with E-state index >= 15 is 0 Å². The number of hydrogen-bond donors (Lipinski definition) is 2. The fraction of sp³-hybridized carbons (Fsp3) is 0.344. The van der Waals surface area contributed by atoms with Crippen molar-refractivity contribution < 1.29 is 32.7 Å². The van der Waals surface area contributed by atoms with Gasteiger partial charge in [-0.1, -0.05) is 105 Å². The van der Waals surface area contributed by atoms with E-state index in [0.717, 1.165) is 16.7 Å². The summed E-state index contributed by atoms with van der Waals surface area (Å²) < 4.78 is 29.0. The van der Waals surface area contributed by atoms with Crippen LogP contribution in [0.1, 0.15) is 37.0 Å². The lowest BCUT2D eigenvalue weighted by Crippen LogP contribution is -2.53. The van der Waals surface area contributed by atoms with Crippen molar-refractivity contribution in [1.82, 2.24) is 10.6 Å². The van der Waals surface area contributed by atoms with Gasteiger partial charge in [-0.05, 0) is 35.4 Å². The van der Waals surface area contributed by atoms with Crippen molar-refractivity contribution in [2.45, 2.75) is 52.0 Å². The van der Waals surface area contributed by atoms with E-state index in [1.807, 2.05) is 105 Å². The van der Waals surface area contributed by atoms with Crippen molar-refractivity contribution in [3.8, 4) is 0 Å². The van der Waals surface area contributed by atoms with E-state index in [1.165, 1.54) is 6.66 Å². The molecule has 0 aliphatic carbocycles. The summed E-state index contributed by atoms with van der Waals surface area (Å²) in [5.41, 5.74) is 2.44. The summed E-state index contributed by atoms with van der Waals surface area (Å²) >= 11 is 0. The van der Waals surface area contributed by atoms with Gasteiger partial charge in [0.05, 0.1) is 12.6 Å². The number of hydrogen-bond acceptors (Lipinski definition) is 7. The van der Waals surface area contributed by atoms with Crippen molar-refractivity contribution in [3.63, 3.8) is 0 Å². The van der Waals surface area contributed by atoms with Gasteiger partial charge in [0.1, 0.15) is 19.3 Å². The Morgan fingerprint density at radius 2 is 1.24 bits per heavy atom. The lowest BCUT2D eigenvalue weighted by atomic mass is 10.00. The highest BCUT2D eigenvalue weighted by Crippen LogP contribution is 2.44. The number of carbonyl (C=O) groups is 3. The smallest absolute Gasteiger partial charge is 0.408 e. The highest BCUT2D eigenvalue weighted by molar-refractivity contribution is 7.52. The first-order valence-corrected chi connectivity index (χ1v) is 15.8. The summed E-state index contributed by atoms with van der Waals surface area (Å²) in [4.78, 5) is 39.3. The standard InChI is InChI=1S/C32H39N2O7P/c1-24(2)19-29(34-32(37)39-21-26-15-9-5-10-16-26)31(36)33-28(20-25-13-7-4-8-14-25)30(35)23-41-42(3,38)40-22-27-17-11-6-12-18-27/h4-18,24,28-29H,19-23H2,1-3H3,(H,33,36)(H,34,37)/t28-,29-,42?/m0/s1. The summed E-state index contributed by atoms with van der Waals surface area (Å²) in [6.07, 6.45) is -0.232. The minimum atomic E-state index is -3.57. The lowest BCUT2D eigenvalue weighted by Gasteiger charge is -2.24. The van der Waals surface area contributed by atoms with Crippen LogP contribution in [-0.4, -0.2) is 43.1 Å².